The first-order valence-electron chi connectivity index (χ1n) is 12.4. The van der Waals surface area contributed by atoms with Crippen LogP contribution in [0.25, 0.3) is 10.8 Å². The lowest BCUT2D eigenvalue weighted by atomic mass is 9.84. The molecule has 2 aromatic heterocycles. The second-order valence-corrected chi connectivity index (χ2v) is 11.4. The minimum atomic E-state index is -3.71. The van der Waals surface area contributed by atoms with Crippen molar-refractivity contribution in [3.05, 3.63) is 89.8 Å². The number of nitrogens with one attached hydrogen (secondary N) is 2. The number of pyridine rings is 2. The normalized spacial score (nSPS) is 17.3. The molecule has 1 fully saturated rings. The summed E-state index contributed by atoms with van der Waals surface area (Å²) in [6.45, 7) is 1.72. The lowest BCUT2D eigenvalue weighted by Crippen LogP contribution is -2.32. The van der Waals surface area contributed by atoms with Gasteiger partial charge in [0.1, 0.15) is 5.82 Å². The number of ether oxygens (including phenoxy) is 1. The molecule has 0 radical (unpaired) electrons. The average molecular weight is 537 g/mol. The number of benzene rings is 2. The van der Waals surface area contributed by atoms with Crippen LogP contribution in [0.1, 0.15) is 30.9 Å². The number of hydrogen-bond donors (Lipinski definition) is 2. The van der Waals surface area contributed by atoms with Crippen LogP contribution < -0.4 is 10.0 Å². The monoisotopic (exact) mass is 536 g/mol. The van der Waals surface area contributed by atoms with Gasteiger partial charge in [-0.25, -0.2) is 18.1 Å². The van der Waals surface area contributed by atoms with Gasteiger partial charge in [0.2, 0.25) is 10.0 Å². The molecule has 3 heterocycles. The van der Waals surface area contributed by atoms with Crippen molar-refractivity contribution in [3.63, 3.8) is 0 Å². The largest absolute Gasteiger partial charge is 0.381 e. The van der Waals surface area contributed by atoms with Gasteiger partial charge in [0.05, 0.1) is 4.90 Å². The molecule has 4 aromatic rings. The second kappa shape index (κ2) is 11.6. The molecule has 0 aliphatic carbocycles. The topological polar surface area (TPSA) is 93.2 Å². The Balaban J connectivity index is 1.31. The molecule has 5 rings (SSSR count). The van der Waals surface area contributed by atoms with Gasteiger partial charge in [-0.2, -0.15) is 0 Å². The van der Waals surface area contributed by atoms with E-state index in [1.165, 1.54) is 0 Å². The highest BCUT2D eigenvalue weighted by Gasteiger charge is 2.27. The highest BCUT2D eigenvalue weighted by molar-refractivity contribution is 7.89. The molecule has 0 amide bonds. The van der Waals surface area contributed by atoms with Crippen LogP contribution in [-0.4, -0.2) is 38.1 Å². The van der Waals surface area contributed by atoms with E-state index < -0.39 is 10.0 Å². The summed E-state index contributed by atoms with van der Waals surface area (Å²) in [7, 11) is -3.71. The first-order chi connectivity index (χ1) is 18.0. The number of sulfonamides is 1. The molecule has 2 unspecified atom stereocenters. The van der Waals surface area contributed by atoms with Gasteiger partial charge in [0.25, 0.3) is 0 Å². The fraction of sp³-hybridized carbons (Fsp3) is 0.286. The Labute approximate surface area is 222 Å². The van der Waals surface area contributed by atoms with E-state index in [1.807, 2.05) is 42.5 Å². The van der Waals surface area contributed by atoms with Crippen molar-refractivity contribution in [2.24, 2.45) is 5.92 Å². The maximum Gasteiger partial charge on any atom is 0.240 e. The van der Waals surface area contributed by atoms with Gasteiger partial charge in [-0.1, -0.05) is 23.7 Å². The van der Waals surface area contributed by atoms with Gasteiger partial charge in [-0.3, -0.25) is 4.98 Å². The Morgan fingerprint density at radius 3 is 2.65 bits per heavy atom. The van der Waals surface area contributed by atoms with Gasteiger partial charge >= 0.3 is 0 Å². The van der Waals surface area contributed by atoms with Crippen molar-refractivity contribution >= 4 is 43.9 Å². The van der Waals surface area contributed by atoms with Crippen molar-refractivity contribution in [3.8, 4) is 0 Å². The van der Waals surface area contributed by atoms with Crippen LogP contribution in [0.4, 0.5) is 11.5 Å². The summed E-state index contributed by atoms with van der Waals surface area (Å²) >= 11 is 6.17. The Kier molecular flexibility index (Phi) is 8.00. The molecule has 1 saturated heterocycles. The number of rotatable bonds is 8. The molecule has 0 spiro atoms. The molecule has 0 bridgehead atoms. The summed E-state index contributed by atoms with van der Waals surface area (Å²) < 4.78 is 34.9. The van der Waals surface area contributed by atoms with Crippen LogP contribution in [0.2, 0.25) is 5.02 Å². The van der Waals surface area contributed by atoms with Gasteiger partial charge in [0.15, 0.2) is 0 Å². The van der Waals surface area contributed by atoms with Crippen LogP contribution in [-0.2, 0) is 14.8 Å². The van der Waals surface area contributed by atoms with Gasteiger partial charge in [-0.05, 0) is 85.2 Å². The lowest BCUT2D eigenvalue weighted by Gasteiger charge is -2.25. The van der Waals surface area contributed by atoms with E-state index in [-0.39, 0.29) is 17.4 Å². The molecule has 0 saturated carbocycles. The first-order valence-corrected chi connectivity index (χ1v) is 14.3. The number of aromatic nitrogens is 2. The third kappa shape index (κ3) is 6.27. The minimum Gasteiger partial charge on any atom is -0.381 e. The fourth-order valence-corrected chi connectivity index (χ4v) is 6.05. The van der Waals surface area contributed by atoms with Gasteiger partial charge < -0.3 is 10.1 Å². The number of halogens is 1. The zero-order chi connectivity index (χ0) is 25.7. The molecule has 1 aliphatic rings. The number of hydrogen-bond acceptors (Lipinski definition) is 6. The van der Waals surface area contributed by atoms with Crippen molar-refractivity contribution in [1.82, 2.24) is 14.7 Å². The second-order valence-electron chi connectivity index (χ2n) is 9.19. The molecule has 192 valence electrons. The van der Waals surface area contributed by atoms with Crippen molar-refractivity contribution < 1.29 is 13.2 Å². The summed E-state index contributed by atoms with van der Waals surface area (Å²) in [6, 6.07) is 20.0. The van der Waals surface area contributed by atoms with Crippen molar-refractivity contribution in [2.75, 3.05) is 25.1 Å². The van der Waals surface area contributed by atoms with E-state index in [0.717, 1.165) is 48.0 Å². The van der Waals surface area contributed by atoms with Crippen LogP contribution in [0.5, 0.6) is 0 Å². The van der Waals surface area contributed by atoms with E-state index in [2.05, 4.69) is 20.0 Å². The standard InChI is InChI=1S/C28H29ClN4O3S/c29-22-7-6-21-12-15-31-28(25(21)18-22)33-23-8-10-24(11-9-23)37(34,35)32-19-26(27-5-1-2-14-30-27)20-4-3-16-36-17-13-20/h1-2,5-12,14-15,18,20,26,32H,3-4,13,16-17,19H2,(H,31,33). The highest BCUT2D eigenvalue weighted by atomic mass is 35.5. The van der Waals surface area contributed by atoms with Crippen LogP contribution >= 0.6 is 11.6 Å². The minimum absolute atomic E-state index is 0.0251. The zero-order valence-electron chi connectivity index (χ0n) is 20.3. The molecule has 1 aliphatic heterocycles. The van der Waals surface area contributed by atoms with Gasteiger partial charge in [-0.15, -0.1) is 0 Å². The molecule has 2 N–H and O–H groups in total. The van der Waals surface area contributed by atoms with Crippen molar-refractivity contribution in [1.29, 1.82) is 0 Å². The zero-order valence-corrected chi connectivity index (χ0v) is 21.9. The maximum atomic E-state index is 13.2. The number of anilines is 2. The van der Waals surface area contributed by atoms with E-state index in [9.17, 15) is 8.42 Å². The van der Waals surface area contributed by atoms with Crippen molar-refractivity contribution in [2.45, 2.75) is 30.1 Å². The summed E-state index contributed by atoms with van der Waals surface area (Å²) in [5.41, 5.74) is 1.63. The Morgan fingerprint density at radius 2 is 1.84 bits per heavy atom. The molecule has 2 atom stereocenters. The average Bonchev–Trinajstić information content (AvgIpc) is 3.20. The third-order valence-corrected chi connectivity index (χ3v) is 8.46. The first kappa shape index (κ1) is 25.6. The highest BCUT2D eigenvalue weighted by Crippen LogP contribution is 2.32. The Bertz CT molecular complexity index is 1440. The molecular formula is C28H29ClN4O3S. The van der Waals surface area contributed by atoms with Crippen LogP contribution in [0.3, 0.4) is 0 Å². The number of fused-ring (bicyclic) bond motifs is 1. The van der Waals surface area contributed by atoms with E-state index in [0.29, 0.717) is 23.4 Å². The van der Waals surface area contributed by atoms with E-state index in [4.69, 9.17) is 16.3 Å². The van der Waals surface area contributed by atoms with Gasteiger partial charge in [0, 0.05) is 59.9 Å². The molecule has 9 heteroatoms. The Hall–Kier alpha value is -3.04. The Morgan fingerprint density at radius 1 is 0.973 bits per heavy atom. The lowest BCUT2D eigenvalue weighted by molar-refractivity contribution is 0.140. The smallest absolute Gasteiger partial charge is 0.240 e. The van der Waals surface area contributed by atoms with E-state index >= 15 is 0 Å². The van der Waals surface area contributed by atoms with Crippen LogP contribution in [0, 0.1) is 5.92 Å². The predicted molar refractivity (Wildman–Crippen MR) is 147 cm³/mol. The summed E-state index contributed by atoms with van der Waals surface area (Å²) in [5.74, 6) is 0.926. The molecule has 7 nitrogen and oxygen atoms in total. The van der Waals surface area contributed by atoms with Crippen LogP contribution in [0.15, 0.2) is 84.0 Å². The summed E-state index contributed by atoms with van der Waals surface area (Å²) in [5, 5.41) is 5.78. The summed E-state index contributed by atoms with van der Waals surface area (Å²) in [4.78, 5) is 9.17. The third-order valence-electron chi connectivity index (χ3n) is 6.78. The molecule has 2 aromatic carbocycles. The quantitative estimate of drug-likeness (QED) is 0.291. The predicted octanol–water partition coefficient (Wildman–Crippen LogP) is 5.91. The summed E-state index contributed by atoms with van der Waals surface area (Å²) in [6.07, 6.45) is 6.31. The van der Waals surface area contributed by atoms with E-state index in [1.54, 1.807) is 36.7 Å². The maximum absolute atomic E-state index is 13.2. The fourth-order valence-electron chi connectivity index (χ4n) is 4.82. The number of nitrogens with zero attached hydrogens (tertiary/aromatic N) is 2. The SMILES string of the molecule is O=S(=O)(NCC(c1ccccn1)C1CCCOCC1)c1ccc(Nc2nccc3ccc(Cl)cc23)cc1. The molecule has 37 heavy (non-hydrogen) atoms. The molecular weight excluding hydrogens is 508 g/mol.